The van der Waals surface area contributed by atoms with Crippen molar-refractivity contribution >= 4 is 22.8 Å². The fraction of sp³-hybridized carbons (Fsp3) is 0.385. The van der Waals surface area contributed by atoms with Crippen LogP contribution in [0.2, 0.25) is 0 Å². The van der Waals surface area contributed by atoms with E-state index in [9.17, 15) is 8.78 Å². The van der Waals surface area contributed by atoms with Crippen molar-refractivity contribution in [2.45, 2.75) is 51.7 Å². The lowest BCUT2D eigenvalue weighted by atomic mass is 10.1. The maximum absolute atomic E-state index is 15.0. The Morgan fingerprint density at radius 1 is 1.14 bits per heavy atom. The molecule has 3 aromatic heterocycles. The number of hydrogen-bond acceptors (Lipinski definition) is 7. The zero-order valence-electron chi connectivity index (χ0n) is 20.3. The number of halogens is 2. The van der Waals surface area contributed by atoms with Gasteiger partial charge in [0.15, 0.2) is 11.6 Å². The van der Waals surface area contributed by atoms with Crippen molar-refractivity contribution in [1.29, 1.82) is 0 Å². The Kier molecular flexibility index (Phi) is 5.65. The lowest BCUT2D eigenvalue weighted by molar-refractivity contribution is 0.240. The number of nitrogens with two attached hydrogens (primary N) is 1. The number of nitrogens with zero attached hydrogens (tertiary/aromatic N) is 6. The maximum atomic E-state index is 15.0. The molecule has 2 aliphatic rings. The largest absolute Gasteiger partial charge is 0.327 e. The van der Waals surface area contributed by atoms with Crippen LogP contribution in [0, 0.1) is 18.6 Å². The highest BCUT2D eigenvalue weighted by atomic mass is 19.1. The van der Waals surface area contributed by atoms with Crippen LogP contribution in [0.3, 0.4) is 0 Å². The van der Waals surface area contributed by atoms with Gasteiger partial charge in [-0.2, -0.15) is 0 Å². The van der Waals surface area contributed by atoms with E-state index in [1.807, 2.05) is 30.5 Å². The minimum atomic E-state index is -0.624. The van der Waals surface area contributed by atoms with Gasteiger partial charge in [0.05, 0.1) is 11.7 Å². The van der Waals surface area contributed by atoms with Crippen LogP contribution in [-0.4, -0.2) is 48.5 Å². The van der Waals surface area contributed by atoms with Gasteiger partial charge in [-0.1, -0.05) is 6.07 Å². The average molecular weight is 491 g/mol. The van der Waals surface area contributed by atoms with Gasteiger partial charge in [-0.15, -0.1) is 0 Å². The Bertz CT molecular complexity index is 1460. The highest BCUT2D eigenvalue weighted by Gasteiger charge is 2.28. The maximum Gasteiger partial charge on any atom is 0.229 e. The Labute approximate surface area is 207 Å². The fourth-order valence-electron chi connectivity index (χ4n) is 5.05. The minimum Gasteiger partial charge on any atom is -0.327 e. The summed E-state index contributed by atoms with van der Waals surface area (Å²) in [6, 6.07) is 7.38. The molecule has 3 N–H and O–H groups in total. The van der Waals surface area contributed by atoms with Crippen molar-refractivity contribution < 1.29 is 8.78 Å². The molecular formula is C26H28F2N8. The number of pyridine rings is 1. The van der Waals surface area contributed by atoms with Crippen molar-refractivity contribution in [3.05, 3.63) is 59.2 Å². The topological polar surface area (TPSA) is 97.8 Å². The summed E-state index contributed by atoms with van der Waals surface area (Å²) in [5, 5.41) is 3.09. The molecule has 4 heterocycles. The number of rotatable bonds is 6. The molecule has 0 saturated heterocycles. The van der Waals surface area contributed by atoms with E-state index in [-0.39, 0.29) is 17.7 Å². The Morgan fingerprint density at radius 2 is 1.97 bits per heavy atom. The van der Waals surface area contributed by atoms with Gasteiger partial charge in [-0.25, -0.2) is 28.7 Å². The third kappa shape index (κ3) is 4.31. The summed E-state index contributed by atoms with van der Waals surface area (Å²) in [4.78, 5) is 19.9. The highest BCUT2D eigenvalue weighted by Crippen LogP contribution is 2.40. The van der Waals surface area contributed by atoms with Gasteiger partial charge in [0.25, 0.3) is 0 Å². The van der Waals surface area contributed by atoms with Crippen molar-refractivity contribution in [2.75, 3.05) is 18.4 Å². The van der Waals surface area contributed by atoms with E-state index in [2.05, 4.69) is 25.2 Å². The standard InChI is InChI=1S/C26H28F2N8/c1-14(29)12-35-8-7-21-16(13-35)3-6-23(32-21)33-26-30-11-20(28)24(34-26)17-9-19(27)25-22(10-17)36(15(2)31-25)18-4-5-18/h3,6,9-11,14,18H,4-5,7-8,12-13,29H2,1-2H3,(H,30,32,33,34)/t14-/m1/s1. The van der Waals surface area contributed by atoms with E-state index in [0.29, 0.717) is 28.5 Å². The number of benzene rings is 1. The number of anilines is 2. The van der Waals surface area contributed by atoms with Crippen LogP contribution in [0.4, 0.5) is 20.5 Å². The molecule has 6 rings (SSSR count). The van der Waals surface area contributed by atoms with Gasteiger partial charge in [-0.3, -0.25) is 4.90 Å². The molecule has 0 radical (unpaired) electrons. The molecule has 1 aliphatic heterocycles. The van der Waals surface area contributed by atoms with Crippen LogP contribution in [0.1, 0.15) is 42.9 Å². The van der Waals surface area contributed by atoms with Gasteiger partial charge >= 0.3 is 0 Å². The highest BCUT2D eigenvalue weighted by molar-refractivity contribution is 5.83. The second-order valence-electron chi connectivity index (χ2n) is 9.87. The van der Waals surface area contributed by atoms with Gasteiger partial charge in [0.1, 0.15) is 22.9 Å². The van der Waals surface area contributed by atoms with Crippen LogP contribution >= 0.6 is 0 Å². The first-order valence-electron chi connectivity index (χ1n) is 12.3. The Balaban J connectivity index is 1.29. The zero-order valence-corrected chi connectivity index (χ0v) is 20.3. The van der Waals surface area contributed by atoms with Crippen LogP contribution in [-0.2, 0) is 13.0 Å². The second-order valence-corrected chi connectivity index (χ2v) is 9.87. The molecule has 1 aromatic carbocycles. The number of hydrogen-bond donors (Lipinski definition) is 2. The van der Waals surface area contributed by atoms with Gasteiger partial charge in [0, 0.05) is 49.4 Å². The van der Waals surface area contributed by atoms with E-state index in [1.54, 1.807) is 6.07 Å². The SMILES string of the molecule is Cc1nc2c(F)cc(-c3nc(Nc4ccc5c(n4)CCN(C[C@@H](C)N)C5)ncc3F)cc2n1C1CC1. The first-order chi connectivity index (χ1) is 17.4. The molecule has 1 aliphatic carbocycles. The molecular weight excluding hydrogens is 462 g/mol. The van der Waals surface area contributed by atoms with E-state index in [1.165, 1.54) is 11.6 Å². The van der Waals surface area contributed by atoms with Gasteiger partial charge in [-0.05, 0) is 50.5 Å². The molecule has 186 valence electrons. The van der Waals surface area contributed by atoms with E-state index >= 15 is 0 Å². The zero-order chi connectivity index (χ0) is 25.0. The van der Waals surface area contributed by atoms with Crippen molar-refractivity contribution in [2.24, 2.45) is 5.73 Å². The number of nitrogens with one attached hydrogen (secondary N) is 1. The second kappa shape index (κ2) is 8.86. The van der Waals surface area contributed by atoms with Crippen LogP contribution < -0.4 is 11.1 Å². The Hall–Kier alpha value is -3.50. The smallest absolute Gasteiger partial charge is 0.229 e. The molecule has 0 unspecified atom stereocenters. The molecule has 1 atom stereocenters. The summed E-state index contributed by atoms with van der Waals surface area (Å²) in [7, 11) is 0. The summed E-state index contributed by atoms with van der Waals surface area (Å²) >= 11 is 0. The number of aryl methyl sites for hydroxylation is 1. The molecule has 36 heavy (non-hydrogen) atoms. The molecule has 0 bridgehead atoms. The summed E-state index contributed by atoms with van der Waals surface area (Å²) < 4.78 is 31.8. The molecule has 4 aromatic rings. The molecule has 10 heteroatoms. The van der Waals surface area contributed by atoms with Crippen LogP contribution in [0.25, 0.3) is 22.3 Å². The average Bonchev–Trinajstić information content (AvgIpc) is 3.61. The first-order valence-corrected chi connectivity index (χ1v) is 12.3. The summed E-state index contributed by atoms with van der Waals surface area (Å²) in [6.07, 6.45) is 3.99. The molecule has 0 amide bonds. The lowest BCUT2D eigenvalue weighted by Gasteiger charge is -2.29. The quantitative estimate of drug-likeness (QED) is 0.417. The lowest BCUT2D eigenvalue weighted by Crippen LogP contribution is -2.39. The molecule has 0 spiro atoms. The number of imidazole rings is 1. The summed E-state index contributed by atoms with van der Waals surface area (Å²) in [5.41, 5.74) is 9.46. The van der Waals surface area contributed by atoms with E-state index in [4.69, 9.17) is 10.7 Å². The number of aromatic nitrogens is 5. The summed E-state index contributed by atoms with van der Waals surface area (Å²) in [5.74, 6) is 0.415. The predicted molar refractivity (Wildman–Crippen MR) is 134 cm³/mol. The normalized spacial score (nSPS) is 16.8. The third-order valence-electron chi connectivity index (χ3n) is 6.77. The van der Waals surface area contributed by atoms with Crippen molar-refractivity contribution in [3.8, 4) is 11.3 Å². The molecule has 1 saturated carbocycles. The van der Waals surface area contributed by atoms with Crippen LogP contribution in [0.5, 0.6) is 0 Å². The predicted octanol–water partition coefficient (Wildman–Crippen LogP) is 4.26. The number of fused-ring (bicyclic) bond motifs is 2. The van der Waals surface area contributed by atoms with E-state index in [0.717, 1.165) is 56.6 Å². The molecule has 8 nitrogen and oxygen atoms in total. The van der Waals surface area contributed by atoms with Crippen molar-refractivity contribution in [1.82, 2.24) is 29.4 Å². The monoisotopic (exact) mass is 490 g/mol. The summed E-state index contributed by atoms with van der Waals surface area (Å²) in [6.45, 7) is 6.43. The minimum absolute atomic E-state index is 0.0269. The Morgan fingerprint density at radius 3 is 2.75 bits per heavy atom. The first kappa shape index (κ1) is 22.9. The molecule has 1 fully saturated rings. The third-order valence-corrected chi connectivity index (χ3v) is 6.77. The van der Waals surface area contributed by atoms with Crippen molar-refractivity contribution in [3.63, 3.8) is 0 Å². The van der Waals surface area contributed by atoms with Gasteiger partial charge < -0.3 is 15.6 Å². The van der Waals surface area contributed by atoms with E-state index < -0.39 is 11.6 Å². The fourth-order valence-corrected chi connectivity index (χ4v) is 5.05. The van der Waals surface area contributed by atoms with Gasteiger partial charge in [0.2, 0.25) is 5.95 Å². The van der Waals surface area contributed by atoms with Crippen LogP contribution in [0.15, 0.2) is 30.5 Å².